The Labute approximate surface area is 480 Å². The van der Waals surface area contributed by atoms with Gasteiger partial charge in [0.25, 0.3) is 0 Å². The number of para-hydroxylation sites is 2. The first kappa shape index (κ1) is 64.9. The van der Waals surface area contributed by atoms with Crippen molar-refractivity contribution in [2.24, 2.45) is 0 Å². The second-order valence-electron chi connectivity index (χ2n) is 24.2. The van der Waals surface area contributed by atoms with Crippen LogP contribution in [0.25, 0.3) is 22.3 Å². The van der Waals surface area contributed by atoms with E-state index >= 15 is 0 Å². The second kappa shape index (κ2) is 28.0. The van der Waals surface area contributed by atoms with Gasteiger partial charge in [0.2, 0.25) is 0 Å². The van der Waals surface area contributed by atoms with Crippen LogP contribution < -0.4 is 20.0 Å². The van der Waals surface area contributed by atoms with Crippen LogP contribution >= 0.6 is 18.6 Å². The molecule has 0 aromatic heterocycles. The number of phenolic OH excluding ortho intramolecular Hbond substituents is 2. The van der Waals surface area contributed by atoms with E-state index < -0.39 is 17.0 Å². The number of aryl methyl sites for hydroxylation is 4. The second-order valence-corrected chi connectivity index (χ2v) is 26.8. The van der Waals surface area contributed by atoms with Crippen LogP contribution in [-0.2, 0) is 48.2 Å². The summed E-state index contributed by atoms with van der Waals surface area (Å²) < 4.78 is 11.3. The quantitative estimate of drug-likeness (QED) is 0.0728. The molecular weight excluding hydrogens is 1040 g/mol. The molecule has 0 bridgehead atoms. The Bertz CT molecular complexity index is 2700. The Kier molecular flexibility index (Phi) is 23.6. The SMILES string of the molecule is CCOCCCN(c1ccccc1-c1cc(C)cc(C(C)(C)C)c1[O-])c1cc(C)cc(C(C)(C)C)c1O.CCOCCCN(c1ccccc1-c1cc(C)cc(C(C)(C)C)c1[O-])c1cc(C)cc(C(C)(C)C)c1O.[Cl][Ti+2][Cl]. The molecule has 0 radical (unpaired) electrons. The van der Waals surface area contributed by atoms with Gasteiger partial charge in [-0.05, 0) is 134 Å². The molecule has 77 heavy (non-hydrogen) atoms. The van der Waals surface area contributed by atoms with Crippen LogP contribution in [-0.4, -0.2) is 49.7 Å². The van der Waals surface area contributed by atoms with Gasteiger partial charge in [-0.2, -0.15) is 0 Å². The maximum absolute atomic E-state index is 13.8. The van der Waals surface area contributed by atoms with E-state index in [-0.39, 0.29) is 44.7 Å². The van der Waals surface area contributed by atoms with Crippen molar-refractivity contribution < 1.29 is 46.9 Å². The fourth-order valence-electron chi connectivity index (χ4n) is 9.69. The Morgan fingerprint density at radius 3 is 1.03 bits per heavy atom. The molecule has 0 saturated carbocycles. The third kappa shape index (κ3) is 17.2. The molecule has 8 nitrogen and oxygen atoms in total. The summed E-state index contributed by atoms with van der Waals surface area (Å²) in [4.78, 5) is 4.31. The van der Waals surface area contributed by atoms with Gasteiger partial charge in [0.15, 0.2) is 0 Å². The monoisotopic (exact) mass is 1120 g/mol. The Balaban J connectivity index is 0.000000316. The average molecular weight is 1120 g/mol. The molecule has 11 heteroatoms. The van der Waals surface area contributed by atoms with E-state index in [9.17, 15) is 20.4 Å². The molecule has 0 spiro atoms. The van der Waals surface area contributed by atoms with E-state index in [0.717, 1.165) is 91.2 Å². The van der Waals surface area contributed by atoms with Gasteiger partial charge in [0, 0.05) is 73.1 Å². The van der Waals surface area contributed by atoms with Gasteiger partial charge in [0.1, 0.15) is 11.5 Å². The Hall–Kier alpha value is -4.67. The van der Waals surface area contributed by atoms with Gasteiger partial charge >= 0.3 is 35.6 Å². The molecule has 0 unspecified atom stereocenters. The molecule has 2 N–H and O–H groups in total. The first-order chi connectivity index (χ1) is 35.9. The molecule has 6 aromatic carbocycles. The van der Waals surface area contributed by atoms with Crippen LogP contribution in [0, 0.1) is 27.7 Å². The number of benzene rings is 6. The van der Waals surface area contributed by atoms with Crippen LogP contribution in [0.4, 0.5) is 22.7 Å². The number of hydrogen-bond acceptors (Lipinski definition) is 8. The van der Waals surface area contributed by atoms with E-state index in [1.165, 1.54) is 0 Å². The van der Waals surface area contributed by atoms with Crippen molar-refractivity contribution in [2.75, 3.05) is 49.3 Å². The van der Waals surface area contributed by atoms with E-state index in [1.54, 1.807) is 0 Å². The molecule has 0 aliphatic carbocycles. The molecule has 6 aromatic rings. The number of rotatable bonds is 16. The minimum atomic E-state index is -0.556. The van der Waals surface area contributed by atoms with Gasteiger partial charge in [-0.15, -0.1) is 0 Å². The van der Waals surface area contributed by atoms with Crippen molar-refractivity contribution in [3.8, 4) is 45.3 Å². The summed E-state index contributed by atoms with van der Waals surface area (Å²) >= 11 is -0.556. The number of halogens is 2. The van der Waals surface area contributed by atoms with Gasteiger partial charge in [-0.3, -0.25) is 0 Å². The molecular formula is C66H88Cl2N2O6Ti. The summed E-state index contributed by atoms with van der Waals surface area (Å²) in [5.74, 6) is 0.685. The molecule has 0 amide bonds. The van der Waals surface area contributed by atoms with Crippen LogP contribution in [0.5, 0.6) is 23.0 Å². The zero-order valence-corrected chi connectivity index (χ0v) is 52.6. The van der Waals surface area contributed by atoms with Crippen LogP contribution in [0.3, 0.4) is 0 Å². The van der Waals surface area contributed by atoms with Crippen LogP contribution in [0.2, 0.25) is 0 Å². The van der Waals surface area contributed by atoms with Crippen LogP contribution in [0.1, 0.15) is 154 Å². The fraction of sp³-hybridized carbons (Fsp3) is 0.455. The number of aromatic hydroxyl groups is 2. The summed E-state index contributed by atoms with van der Waals surface area (Å²) in [7, 11) is 9.78. The number of hydrogen-bond donors (Lipinski definition) is 2. The molecule has 0 saturated heterocycles. The molecule has 416 valence electrons. The molecule has 0 aliphatic heterocycles. The van der Waals surface area contributed by atoms with Gasteiger partial charge < -0.3 is 39.7 Å². The Morgan fingerprint density at radius 2 is 0.727 bits per heavy atom. The first-order valence-corrected chi connectivity index (χ1v) is 31.4. The Morgan fingerprint density at radius 1 is 0.442 bits per heavy atom. The number of anilines is 4. The molecule has 0 heterocycles. The van der Waals surface area contributed by atoms with E-state index in [2.05, 4.69) is 119 Å². The van der Waals surface area contributed by atoms with Gasteiger partial charge in [0.05, 0.1) is 11.4 Å². The normalized spacial score (nSPS) is 11.8. The molecule has 0 fully saturated rings. The maximum atomic E-state index is 13.8. The van der Waals surface area contributed by atoms with E-state index in [1.807, 2.05) is 113 Å². The summed E-state index contributed by atoms with van der Waals surface area (Å²) in [5, 5.41) is 50.7. The number of ether oxygens (including phenoxy) is 2. The molecule has 6 rings (SSSR count). The van der Waals surface area contributed by atoms with Crippen molar-refractivity contribution in [3.05, 3.63) is 142 Å². The van der Waals surface area contributed by atoms with Crippen molar-refractivity contribution in [2.45, 2.75) is 159 Å². The van der Waals surface area contributed by atoms with Crippen molar-refractivity contribution in [1.29, 1.82) is 0 Å². The number of nitrogens with zero attached hydrogens (tertiary/aromatic N) is 2. The standard InChI is InChI=1S/2C33H45NO3.2ClH.Ti/c2*1-10-37-17-13-16-34(29-21-23(3)20-27(31(29)36)33(7,8)9)28-15-12-11-14-24(28)25-18-22(2)19-26(30(25)35)32(4,5)6;;;/h2*11-12,14-15,18-21,35-36H,10,13,16-17H2,1-9H3;2*1H;/q;;;;+4/p-4. The van der Waals surface area contributed by atoms with Crippen molar-refractivity contribution in [3.63, 3.8) is 0 Å². The third-order valence-electron chi connectivity index (χ3n) is 13.5. The van der Waals surface area contributed by atoms with Gasteiger partial charge in [-0.25, -0.2) is 0 Å². The summed E-state index contributed by atoms with van der Waals surface area (Å²) in [6.45, 7) is 41.2. The topological polar surface area (TPSA) is 112 Å². The van der Waals surface area contributed by atoms with E-state index in [4.69, 9.17) is 28.1 Å². The zero-order chi connectivity index (χ0) is 57.8. The summed E-state index contributed by atoms with van der Waals surface area (Å²) in [6.07, 6.45) is 1.57. The average Bonchev–Trinajstić information content (AvgIpc) is 3.33. The van der Waals surface area contributed by atoms with Crippen molar-refractivity contribution in [1.82, 2.24) is 0 Å². The molecule has 0 aliphatic rings. The third-order valence-corrected chi connectivity index (χ3v) is 13.5. The first-order valence-electron chi connectivity index (χ1n) is 27.1. The fourth-order valence-corrected chi connectivity index (χ4v) is 9.69. The molecule has 0 atom stereocenters. The van der Waals surface area contributed by atoms with E-state index in [0.29, 0.717) is 50.6 Å². The predicted octanol–water partition coefficient (Wildman–Crippen LogP) is 17.2. The van der Waals surface area contributed by atoms with Gasteiger partial charge in [-0.1, -0.05) is 179 Å². The van der Waals surface area contributed by atoms with Crippen LogP contribution in [0.15, 0.2) is 97.1 Å². The predicted molar refractivity (Wildman–Crippen MR) is 321 cm³/mol. The number of phenols is 2. The summed E-state index contributed by atoms with van der Waals surface area (Å²) in [6, 6.07) is 32.3. The zero-order valence-electron chi connectivity index (χ0n) is 49.6. The summed E-state index contributed by atoms with van der Waals surface area (Å²) in [5.41, 5.74) is 13.2. The minimum absolute atomic E-state index is 0.0589. The van der Waals surface area contributed by atoms with Crippen molar-refractivity contribution >= 4 is 41.4 Å².